The third kappa shape index (κ3) is 3.83. The van der Waals surface area contributed by atoms with Gasteiger partial charge in [-0.05, 0) is 32.2 Å². The third-order valence-electron chi connectivity index (χ3n) is 3.69. The van der Waals surface area contributed by atoms with E-state index in [0.29, 0.717) is 28.2 Å². The summed E-state index contributed by atoms with van der Waals surface area (Å²) in [5, 5.41) is 11.5. The molecule has 1 aromatic carbocycles. The van der Waals surface area contributed by atoms with Gasteiger partial charge in [-0.3, -0.25) is 4.90 Å². The number of β-amino-alcohol motifs (C(OH)–C–C–N with tert-alkyl or cyclic N) is 1. The number of hydrogen-bond donors (Lipinski definition) is 1. The van der Waals surface area contributed by atoms with Crippen molar-refractivity contribution in [1.29, 1.82) is 0 Å². The summed E-state index contributed by atoms with van der Waals surface area (Å²) in [5.41, 5.74) is 0.709. The van der Waals surface area contributed by atoms with E-state index in [-0.39, 0.29) is 0 Å². The lowest BCUT2D eigenvalue weighted by Crippen LogP contribution is -2.51. The first-order valence-electron chi connectivity index (χ1n) is 6.53. The van der Waals surface area contributed by atoms with Crippen molar-refractivity contribution in [3.05, 3.63) is 33.8 Å². The predicted octanol–water partition coefficient (Wildman–Crippen LogP) is 2.66. The van der Waals surface area contributed by atoms with Crippen LogP contribution in [0.3, 0.4) is 0 Å². The summed E-state index contributed by atoms with van der Waals surface area (Å²) in [4.78, 5) is 4.60. The van der Waals surface area contributed by atoms with Crippen LogP contribution < -0.4 is 0 Å². The van der Waals surface area contributed by atoms with Crippen LogP contribution in [0.1, 0.15) is 18.6 Å². The first kappa shape index (κ1) is 15.1. The summed E-state index contributed by atoms with van der Waals surface area (Å²) in [6.45, 7) is 5.79. The molecule has 2 atom stereocenters. The Balaban J connectivity index is 2.04. The smallest absolute Gasteiger partial charge is 0.0931 e. The average molecular weight is 303 g/mol. The van der Waals surface area contributed by atoms with Crippen LogP contribution in [-0.4, -0.2) is 54.2 Å². The van der Waals surface area contributed by atoms with E-state index in [4.69, 9.17) is 23.2 Å². The van der Waals surface area contributed by atoms with E-state index >= 15 is 0 Å². The van der Waals surface area contributed by atoms with Crippen LogP contribution in [-0.2, 0) is 0 Å². The summed E-state index contributed by atoms with van der Waals surface area (Å²) >= 11 is 12.1. The molecule has 1 aromatic rings. The summed E-state index contributed by atoms with van der Waals surface area (Å²) < 4.78 is 0. The normalized spacial score (nSPS) is 23.5. The lowest BCUT2D eigenvalue weighted by atomic mass is 10.1. The van der Waals surface area contributed by atoms with Gasteiger partial charge in [-0.25, -0.2) is 0 Å². The highest BCUT2D eigenvalue weighted by Crippen LogP contribution is 2.27. The maximum Gasteiger partial charge on any atom is 0.0931 e. The topological polar surface area (TPSA) is 26.7 Å². The van der Waals surface area contributed by atoms with Gasteiger partial charge in [-0.15, -0.1) is 0 Å². The van der Waals surface area contributed by atoms with E-state index in [1.165, 1.54) is 0 Å². The Morgan fingerprint density at radius 3 is 2.79 bits per heavy atom. The Hall–Kier alpha value is -0.320. The van der Waals surface area contributed by atoms with Crippen LogP contribution >= 0.6 is 23.2 Å². The zero-order chi connectivity index (χ0) is 14.0. The van der Waals surface area contributed by atoms with Gasteiger partial charge >= 0.3 is 0 Å². The van der Waals surface area contributed by atoms with Crippen LogP contribution in [0.2, 0.25) is 10.0 Å². The maximum atomic E-state index is 10.4. The number of piperazine rings is 1. The molecular weight excluding hydrogens is 283 g/mol. The van der Waals surface area contributed by atoms with Crippen LogP contribution in [0.15, 0.2) is 18.2 Å². The summed E-state index contributed by atoms with van der Waals surface area (Å²) in [5.74, 6) is 0. The fourth-order valence-corrected chi connectivity index (χ4v) is 2.96. The molecule has 3 nitrogen and oxygen atoms in total. The minimum atomic E-state index is -0.600. The van der Waals surface area contributed by atoms with Gasteiger partial charge in [-0.1, -0.05) is 23.2 Å². The molecule has 0 aromatic heterocycles. The highest BCUT2D eigenvalue weighted by atomic mass is 35.5. The first-order chi connectivity index (χ1) is 8.97. The molecule has 0 amide bonds. The highest BCUT2D eigenvalue weighted by Gasteiger charge is 2.24. The lowest BCUT2D eigenvalue weighted by molar-refractivity contribution is 0.0474. The number of likely N-dealkylation sites (N-methyl/N-ethyl adjacent to an activating group) is 1. The fraction of sp³-hybridized carbons (Fsp3) is 0.571. The number of hydrogen-bond acceptors (Lipinski definition) is 3. The highest BCUT2D eigenvalue weighted by molar-refractivity contribution is 6.33. The van der Waals surface area contributed by atoms with Crippen molar-refractivity contribution in [2.45, 2.75) is 19.1 Å². The van der Waals surface area contributed by atoms with Crippen LogP contribution in [0, 0.1) is 0 Å². The fourth-order valence-electron chi connectivity index (χ4n) is 2.54. The van der Waals surface area contributed by atoms with Gasteiger partial charge in [-0.2, -0.15) is 0 Å². The quantitative estimate of drug-likeness (QED) is 0.930. The van der Waals surface area contributed by atoms with E-state index in [2.05, 4.69) is 23.8 Å². The van der Waals surface area contributed by atoms with Crippen LogP contribution in [0.25, 0.3) is 0 Å². The standard InChI is InChI=1S/C14H20Cl2N2O/c1-10-8-17(2)5-6-18(10)9-14(19)12-7-11(15)3-4-13(12)16/h3-4,7,10,14,19H,5-6,8-9H2,1-2H3/t10-,14-/m0/s1. The molecule has 0 spiro atoms. The zero-order valence-electron chi connectivity index (χ0n) is 11.3. The van der Waals surface area contributed by atoms with Crippen LogP contribution in [0.5, 0.6) is 0 Å². The Kier molecular flexibility index (Phi) is 5.09. The Bertz CT molecular complexity index is 441. The Morgan fingerprint density at radius 1 is 1.37 bits per heavy atom. The molecule has 19 heavy (non-hydrogen) atoms. The molecule has 0 radical (unpaired) electrons. The minimum Gasteiger partial charge on any atom is -0.387 e. The molecule has 1 saturated heterocycles. The van der Waals surface area contributed by atoms with E-state index < -0.39 is 6.10 Å². The van der Waals surface area contributed by atoms with Crippen molar-refractivity contribution >= 4 is 23.2 Å². The second-order valence-corrected chi connectivity index (χ2v) is 6.13. The molecule has 1 heterocycles. The number of aliphatic hydroxyl groups excluding tert-OH is 1. The van der Waals surface area contributed by atoms with E-state index in [1.54, 1.807) is 18.2 Å². The molecule has 0 bridgehead atoms. The van der Waals surface area contributed by atoms with Crippen LogP contribution in [0.4, 0.5) is 0 Å². The summed E-state index contributed by atoms with van der Waals surface area (Å²) in [6.07, 6.45) is -0.600. The second-order valence-electron chi connectivity index (χ2n) is 5.29. The second kappa shape index (κ2) is 6.42. The molecular formula is C14H20Cl2N2O. The van der Waals surface area contributed by atoms with E-state index in [1.807, 2.05) is 0 Å². The van der Waals surface area contributed by atoms with Crippen molar-refractivity contribution in [3.63, 3.8) is 0 Å². The van der Waals surface area contributed by atoms with Crippen molar-refractivity contribution < 1.29 is 5.11 Å². The lowest BCUT2D eigenvalue weighted by Gasteiger charge is -2.39. The summed E-state index contributed by atoms with van der Waals surface area (Å²) in [7, 11) is 2.12. The third-order valence-corrected chi connectivity index (χ3v) is 4.27. The molecule has 1 fully saturated rings. The van der Waals surface area contributed by atoms with Gasteiger partial charge in [0.05, 0.1) is 6.10 Å². The number of halogens is 2. The molecule has 2 rings (SSSR count). The number of nitrogens with zero attached hydrogens (tertiary/aromatic N) is 2. The van der Waals surface area contributed by atoms with Gasteiger partial charge in [0.2, 0.25) is 0 Å². The van der Waals surface area contributed by atoms with Crippen molar-refractivity contribution in [2.24, 2.45) is 0 Å². The molecule has 106 valence electrons. The van der Waals surface area contributed by atoms with Crippen molar-refractivity contribution in [1.82, 2.24) is 9.80 Å². The molecule has 0 unspecified atom stereocenters. The minimum absolute atomic E-state index is 0.436. The largest absolute Gasteiger partial charge is 0.387 e. The van der Waals surface area contributed by atoms with Gasteiger partial charge < -0.3 is 10.0 Å². The Morgan fingerprint density at radius 2 is 2.11 bits per heavy atom. The van der Waals surface area contributed by atoms with Gasteiger partial charge in [0.1, 0.15) is 0 Å². The molecule has 0 aliphatic carbocycles. The van der Waals surface area contributed by atoms with Gasteiger partial charge in [0.25, 0.3) is 0 Å². The molecule has 1 aliphatic rings. The molecule has 0 saturated carbocycles. The average Bonchev–Trinajstić information content (AvgIpc) is 2.35. The Labute approximate surface area is 124 Å². The van der Waals surface area contributed by atoms with E-state index in [9.17, 15) is 5.11 Å². The monoisotopic (exact) mass is 302 g/mol. The maximum absolute atomic E-state index is 10.4. The predicted molar refractivity (Wildman–Crippen MR) is 80.0 cm³/mol. The molecule has 1 aliphatic heterocycles. The molecule has 1 N–H and O–H groups in total. The SMILES string of the molecule is C[C@H]1CN(C)CCN1C[C@H](O)c1cc(Cl)ccc1Cl. The van der Waals surface area contributed by atoms with Crippen molar-refractivity contribution in [3.8, 4) is 0 Å². The number of rotatable bonds is 3. The first-order valence-corrected chi connectivity index (χ1v) is 7.28. The van der Waals surface area contributed by atoms with Gasteiger partial charge in [0, 0.05) is 47.8 Å². The van der Waals surface area contributed by atoms with Gasteiger partial charge in [0.15, 0.2) is 0 Å². The number of benzene rings is 1. The zero-order valence-corrected chi connectivity index (χ0v) is 12.8. The number of aliphatic hydroxyl groups is 1. The van der Waals surface area contributed by atoms with E-state index in [0.717, 1.165) is 19.6 Å². The summed E-state index contributed by atoms with van der Waals surface area (Å²) in [6, 6.07) is 5.65. The van der Waals surface area contributed by atoms with Crippen molar-refractivity contribution in [2.75, 3.05) is 33.2 Å². The molecule has 5 heteroatoms.